The Kier molecular flexibility index (Phi) is 3.57. The van der Waals surface area contributed by atoms with Crippen molar-refractivity contribution >= 4 is 28.2 Å². The van der Waals surface area contributed by atoms with Gasteiger partial charge in [0.2, 0.25) is 5.82 Å². The number of pyridine rings is 1. The zero-order valence-electron chi connectivity index (χ0n) is 11.3. The molecule has 5 nitrogen and oxygen atoms in total. The van der Waals surface area contributed by atoms with E-state index in [0.29, 0.717) is 17.2 Å². The summed E-state index contributed by atoms with van der Waals surface area (Å²) in [6.45, 7) is 0. The van der Waals surface area contributed by atoms with E-state index < -0.39 is 22.2 Å². The molecule has 0 saturated carbocycles. The molecular formula is C15H7ClF2N2O3. The molecule has 0 aliphatic rings. The van der Waals surface area contributed by atoms with Crippen molar-refractivity contribution in [1.29, 1.82) is 0 Å². The standard InChI is InChI=1S/C15H7ClF2N2O3/c16-8-1-2-9-12(5-8)19(4-3-15(9)21)13-6-11(18)14(20(22)23)7-10(13)17/h1-7H. The minimum Gasteiger partial charge on any atom is -0.313 e. The maximum Gasteiger partial charge on any atom is 0.307 e. The van der Waals surface area contributed by atoms with Gasteiger partial charge in [-0.3, -0.25) is 14.9 Å². The van der Waals surface area contributed by atoms with Crippen LogP contribution >= 0.6 is 11.6 Å². The first-order valence-electron chi connectivity index (χ1n) is 6.33. The third-order valence-corrected chi connectivity index (χ3v) is 3.57. The molecule has 0 aliphatic heterocycles. The number of benzene rings is 2. The van der Waals surface area contributed by atoms with Gasteiger partial charge in [0.25, 0.3) is 0 Å². The van der Waals surface area contributed by atoms with Crippen LogP contribution in [0.2, 0.25) is 5.02 Å². The SMILES string of the molecule is O=c1ccn(-c2cc(F)c([N+](=O)[O-])cc2F)c2cc(Cl)ccc12. The molecule has 0 bridgehead atoms. The van der Waals surface area contributed by atoms with Gasteiger partial charge in [-0.2, -0.15) is 4.39 Å². The summed E-state index contributed by atoms with van der Waals surface area (Å²) in [5.74, 6) is -2.18. The molecule has 2 aromatic carbocycles. The first-order valence-corrected chi connectivity index (χ1v) is 6.71. The topological polar surface area (TPSA) is 65.1 Å². The molecule has 3 aromatic rings. The summed E-state index contributed by atoms with van der Waals surface area (Å²) in [5, 5.41) is 11.2. The van der Waals surface area contributed by atoms with Gasteiger partial charge in [-0.25, -0.2) is 4.39 Å². The van der Waals surface area contributed by atoms with Crippen LogP contribution in [0.15, 0.2) is 47.4 Å². The Morgan fingerprint density at radius 1 is 1.09 bits per heavy atom. The van der Waals surface area contributed by atoms with E-state index in [2.05, 4.69) is 0 Å². The molecule has 0 aliphatic carbocycles. The number of hydrogen-bond donors (Lipinski definition) is 0. The Morgan fingerprint density at radius 2 is 1.83 bits per heavy atom. The lowest BCUT2D eigenvalue weighted by molar-refractivity contribution is -0.387. The molecular weight excluding hydrogens is 330 g/mol. The van der Waals surface area contributed by atoms with E-state index in [1.54, 1.807) is 0 Å². The Labute approximate surface area is 132 Å². The van der Waals surface area contributed by atoms with E-state index in [-0.39, 0.29) is 22.0 Å². The number of aromatic nitrogens is 1. The number of rotatable bonds is 2. The van der Waals surface area contributed by atoms with Crippen LogP contribution in [0.4, 0.5) is 14.5 Å². The maximum atomic E-state index is 14.2. The van der Waals surface area contributed by atoms with Gasteiger partial charge in [-0.15, -0.1) is 0 Å². The molecule has 1 aromatic heterocycles. The largest absolute Gasteiger partial charge is 0.313 e. The number of nitrogens with zero attached hydrogens (tertiary/aromatic N) is 2. The van der Waals surface area contributed by atoms with Crippen LogP contribution in [0.3, 0.4) is 0 Å². The van der Waals surface area contributed by atoms with Crippen LogP contribution in [0.1, 0.15) is 0 Å². The number of nitro groups is 1. The van der Waals surface area contributed by atoms with Crippen molar-refractivity contribution in [3.05, 3.63) is 79.6 Å². The van der Waals surface area contributed by atoms with E-state index in [4.69, 9.17) is 11.6 Å². The molecule has 3 rings (SSSR count). The first-order chi connectivity index (χ1) is 10.9. The first kappa shape index (κ1) is 15.1. The minimum atomic E-state index is -1.18. The van der Waals surface area contributed by atoms with Gasteiger partial charge in [0.1, 0.15) is 0 Å². The van der Waals surface area contributed by atoms with Crippen LogP contribution in [0, 0.1) is 21.7 Å². The average molecular weight is 337 g/mol. The van der Waals surface area contributed by atoms with E-state index in [0.717, 1.165) is 0 Å². The summed E-state index contributed by atoms with van der Waals surface area (Å²) >= 11 is 5.90. The maximum absolute atomic E-state index is 14.2. The van der Waals surface area contributed by atoms with Gasteiger partial charge in [0.15, 0.2) is 11.2 Å². The van der Waals surface area contributed by atoms with Crippen molar-refractivity contribution in [2.45, 2.75) is 0 Å². The predicted octanol–water partition coefficient (Wildman–Crippen LogP) is 3.83. The van der Waals surface area contributed by atoms with Gasteiger partial charge >= 0.3 is 5.69 Å². The molecule has 23 heavy (non-hydrogen) atoms. The van der Waals surface area contributed by atoms with Crippen molar-refractivity contribution in [3.63, 3.8) is 0 Å². The fourth-order valence-corrected chi connectivity index (χ4v) is 2.45. The van der Waals surface area contributed by atoms with Crippen LogP contribution in [0.5, 0.6) is 0 Å². The van der Waals surface area contributed by atoms with Crippen molar-refractivity contribution in [2.75, 3.05) is 0 Å². The molecule has 0 atom stereocenters. The van der Waals surface area contributed by atoms with E-state index >= 15 is 0 Å². The lowest BCUT2D eigenvalue weighted by atomic mass is 10.2. The summed E-state index contributed by atoms with van der Waals surface area (Å²) in [7, 11) is 0. The number of fused-ring (bicyclic) bond motifs is 1. The third-order valence-electron chi connectivity index (χ3n) is 3.33. The molecule has 0 saturated heterocycles. The second-order valence-electron chi connectivity index (χ2n) is 4.72. The molecule has 0 N–H and O–H groups in total. The zero-order valence-corrected chi connectivity index (χ0v) is 12.1. The Balaban J connectivity index is 2.36. The molecule has 0 radical (unpaired) electrons. The Bertz CT molecular complexity index is 1020. The van der Waals surface area contributed by atoms with Crippen LogP contribution in [-0.4, -0.2) is 9.49 Å². The summed E-state index contributed by atoms with van der Waals surface area (Å²) in [4.78, 5) is 21.5. The highest BCUT2D eigenvalue weighted by Crippen LogP contribution is 2.26. The van der Waals surface area contributed by atoms with E-state index in [1.165, 1.54) is 35.0 Å². The molecule has 8 heteroatoms. The zero-order chi connectivity index (χ0) is 16.7. The molecule has 0 unspecified atom stereocenters. The fraction of sp³-hybridized carbons (Fsp3) is 0. The summed E-state index contributed by atoms with van der Waals surface area (Å²) in [5.41, 5.74) is -1.28. The molecule has 0 fully saturated rings. The van der Waals surface area contributed by atoms with Crippen LogP contribution in [-0.2, 0) is 0 Å². The van der Waals surface area contributed by atoms with Gasteiger partial charge < -0.3 is 4.57 Å². The lowest BCUT2D eigenvalue weighted by Crippen LogP contribution is -2.08. The minimum absolute atomic E-state index is 0.259. The normalized spacial score (nSPS) is 10.9. The van der Waals surface area contributed by atoms with Crippen molar-refractivity contribution in [2.24, 2.45) is 0 Å². The Morgan fingerprint density at radius 3 is 2.52 bits per heavy atom. The number of hydrogen-bond acceptors (Lipinski definition) is 3. The van der Waals surface area contributed by atoms with Gasteiger partial charge in [-0.05, 0) is 18.2 Å². The monoisotopic (exact) mass is 336 g/mol. The van der Waals surface area contributed by atoms with Crippen LogP contribution in [0.25, 0.3) is 16.6 Å². The molecule has 0 amide bonds. The average Bonchev–Trinajstić information content (AvgIpc) is 2.49. The molecule has 1 heterocycles. The summed E-state index contributed by atoms with van der Waals surface area (Å²) in [6, 6.07) is 6.79. The molecule has 116 valence electrons. The third kappa shape index (κ3) is 2.55. The van der Waals surface area contributed by atoms with Crippen molar-refractivity contribution in [1.82, 2.24) is 4.57 Å². The van der Waals surface area contributed by atoms with Gasteiger partial charge in [0.05, 0.1) is 22.2 Å². The Hall–Kier alpha value is -2.80. The second kappa shape index (κ2) is 5.44. The van der Waals surface area contributed by atoms with E-state index in [9.17, 15) is 23.7 Å². The molecule has 0 spiro atoms. The smallest absolute Gasteiger partial charge is 0.307 e. The fourth-order valence-electron chi connectivity index (χ4n) is 2.29. The second-order valence-corrected chi connectivity index (χ2v) is 5.16. The van der Waals surface area contributed by atoms with Crippen molar-refractivity contribution in [3.8, 4) is 5.69 Å². The highest BCUT2D eigenvalue weighted by atomic mass is 35.5. The lowest BCUT2D eigenvalue weighted by Gasteiger charge is -2.12. The van der Waals surface area contributed by atoms with Gasteiger partial charge in [-0.1, -0.05) is 11.6 Å². The van der Waals surface area contributed by atoms with Crippen molar-refractivity contribution < 1.29 is 13.7 Å². The van der Waals surface area contributed by atoms with Crippen LogP contribution < -0.4 is 5.43 Å². The number of nitro benzene ring substituents is 1. The quantitative estimate of drug-likeness (QED) is 0.527. The highest BCUT2D eigenvalue weighted by molar-refractivity contribution is 6.31. The summed E-state index contributed by atoms with van der Waals surface area (Å²) in [6.07, 6.45) is 1.25. The summed E-state index contributed by atoms with van der Waals surface area (Å²) < 4.78 is 29.2. The van der Waals surface area contributed by atoms with E-state index in [1.807, 2.05) is 0 Å². The number of halogens is 3. The highest BCUT2D eigenvalue weighted by Gasteiger charge is 2.20. The predicted molar refractivity (Wildman–Crippen MR) is 81.1 cm³/mol. The van der Waals surface area contributed by atoms with Gasteiger partial charge in [0, 0.05) is 28.7 Å².